The van der Waals surface area contributed by atoms with Gasteiger partial charge in [0.15, 0.2) is 0 Å². The molecule has 5 heteroatoms. The van der Waals surface area contributed by atoms with E-state index in [1.54, 1.807) is 0 Å². The Morgan fingerprint density at radius 3 is 2.67 bits per heavy atom. The molecule has 0 aromatic carbocycles. The van der Waals surface area contributed by atoms with Gasteiger partial charge >= 0.3 is 56.0 Å². The predicted octanol–water partition coefficient (Wildman–Crippen LogP) is 1.58. The first kappa shape index (κ1) is 5.93. The van der Waals surface area contributed by atoms with Gasteiger partial charge < -0.3 is 0 Å². The Morgan fingerprint density at radius 2 is 2.22 bits per heavy atom. The van der Waals surface area contributed by atoms with Crippen LogP contribution in [-0.2, 0) is 0 Å². The van der Waals surface area contributed by atoms with Crippen molar-refractivity contribution in [3.05, 3.63) is 22.8 Å². The molecule has 0 fully saturated rings. The van der Waals surface area contributed by atoms with Gasteiger partial charge in [0.2, 0.25) is 0 Å². The van der Waals surface area contributed by atoms with E-state index in [2.05, 4.69) is 14.6 Å². The zero-order valence-electron chi connectivity index (χ0n) is 4.33. The second-order valence-corrected chi connectivity index (χ2v) is 2.04. The molecule has 0 N–H and O–H groups in total. The maximum atomic E-state index is 6.56. The van der Waals surface area contributed by atoms with Crippen LogP contribution in [0.5, 0.6) is 0 Å². The van der Waals surface area contributed by atoms with Gasteiger partial charge in [-0.2, -0.15) is 0 Å². The van der Waals surface area contributed by atoms with Crippen molar-refractivity contribution in [1.82, 2.24) is 4.89 Å². The van der Waals surface area contributed by atoms with Crippen molar-refractivity contribution in [1.29, 1.82) is 0 Å². The van der Waals surface area contributed by atoms with Crippen LogP contribution in [0.4, 0.5) is 10.8 Å². The van der Waals surface area contributed by atoms with E-state index in [1.807, 2.05) is 0 Å². The van der Waals surface area contributed by atoms with Gasteiger partial charge in [-0.05, 0) is 0 Å². The van der Waals surface area contributed by atoms with E-state index in [-0.39, 0.29) is 5.82 Å². The quantitative estimate of drug-likeness (QED) is 0.492. The first-order valence-corrected chi connectivity index (χ1v) is 2.95. The van der Waals surface area contributed by atoms with Gasteiger partial charge in [-0.15, -0.1) is 0 Å². The molecular formula is C4BN3S. The maximum absolute atomic E-state index is 6.56. The second kappa shape index (κ2) is 2.39. The molecule has 3 nitrogen and oxygen atoms in total. The van der Waals surface area contributed by atoms with Crippen LogP contribution in [0.15, 0.2) is 0 Å². The molecule has 0 bridgehead atoms. The minimum absolute atomic E-state index is 0.218. The van der Waals surface area contributed by atoms with E-state index in [0.29, 0.717) is 5.00 Å². The Bertz CT molecular complexity index is 263. The molecule has 0 aliphatic heterocycles. The number of hydrogen-bond acceptors (Lipinski definition) is 2. The summed E-state index contributed by atoms with van der Waals surface area (Å²) in [7, 11) is 0. The molecule has 0 unspecified atom stereocenters. The van der Waals surface area contributed by atoms with Crippen molar-refractivity contribution in [2.45, 2.75) is 0 Å². The molecule has 1 heterocycles. The van der Waals surface area contributed by atoms with E-state index < -0.39 is 0 Å². The summed E-state index contributed by atoms with van der Waals surface area (Å²) in [6.45, 7) is 13.1. The fourth-order valence-electron chi connectivity index (χ4n) is 0.387. The third-order valence-electron chi connectivity index (χ3n) is 0.738. The van der Waals surface area contributed by atoms with Crippen molar-refractivity contribution in [2.24, 2.45) is 0 Å². The average molecular weight is 133 g/mol. The van der Waals surface area contributed by atoms with Gasteiger partial charge in [0.1, 0.15) is 0 Å². The van der Waals surface area contributed by atoms with Crippen molar-refractivity contribution >= 4 is 28.3 Å². The Kier molecular flexibility index (Phi) is 1.57. The molecule has 40 valence electrons. The molecule has 0 aliphatic carbocycles. The molecule has 0 amide bonds. The summed E-state index contributed by atoms with van der Waals surface area (Å²) >= 11 is 1.20. The van der Waals surface area contributed by atoms with Gasteiger partial charge in [0.25, 0.3) is 0 Å². The molecule has 0 atom stereocenters. The summed E-state index contributed by atoms with van der Waals surface area (Å²) in [4.78, 5) is 9.79. The van der Waals surface area contributed by atoms with E-state index in [0.717, 1.165) is 0 Å². The topological polar surface area (TPSA) is 21.6 Å². The normalized spacial score (nSPS) is 7.33. The van der Waals surface area contributed by atoms with E-state index in [1.165, 1.54) is 17.5 Å². The third kappa shape index (κ3) is 0.958. The van der Waals surface area contributed by atoms with Crippen LogP contribution in [0.1, 0.15) is 0 Å². The van der Waals surface area contributed by atoms with Crippen molar-refractivity contribution < 1.29 is 0 Å². The SMILES string of the molecule is [C-]#[N+]c1nbsc1[N+]#[C-]. The van der Waals surface area contributed by atoms with Crippen LogP contribution < -0.4 is 0 Å². The summed E-state index contributed by atoms with van der Waals surface area (Å²) in [5.41, 5.74) is 0. The molecule has 0 saturated heterocycles. The van der Waals surface area contributed by atoms with Crippen molar-refractivity contribution in [3.8, 4) is 0 Å². The Morgan fingerprint density at radius 1 is 1.44 bits per heavy atom. The van der Waals surface area contributed by atoms with Crippen LogP contribution in [0, 0.1) is 13.1 Å². The standard InChI is InChI=1S/C4BN3S/c1-6-3-4(7-2)9-5-8-3. The first-order chi connectivity index (χ1) is 4.38. The van der Waals surface area contributed by atoms with Gasteiger partial charge in [-0.3, -0.25) is 0 Å². The van der Waals surface area contributed by atoms with Gasteiger partial charge in [-0.1, -0.05) is 0 Å². The molecule has 0 aliphatic rings. The van der Waals surface area contributed by atoms with Crippen molar-refractivity contribution in [3.63, 3.8) is 0 Å². The van der Waals surface area contributed by atoms with Crippen LogP contribution in [0.25, 0.3) is 9.69 Å². The second-order valence-electron chi connectivity index (χ2n) is 1.20. The molecular weight excluding hydrogens is 133 g/mol. The molecule has 0 saturated carbocycles. The predicted molar refractivity (Wildman–Crippen MR) is 36.0 cm³/mol. The monoisotopic (exact) mass is 133 g/mol. The van der Waals surface area contributed by atoms with Gasteiger partial charge in [-0.25, -0.2) is 0 Å². The molecule has 0 radical (unpaired) electrons. The Balaban J connectivity index is 3.22. The van der Waals surface area contributed by atoms with Crippen LogP contribution in [-0.4, -0.2) is 11.2 Å². The molecule has 1 aromatic heterocycles. The van der Waals surface area contributed by atoms with Gasteiger partial charge in [0.05, 0.1) is 0 Å². The number of aromatic nitrogens is 1. The number of nitrogens with zero attached hydrogens (tertiary/aromatic N) is 3. The average Bonchev–Trinajstić information content (AvgIpc) is 2.33. The van der Waals surface area contributed by atoms with E-state index in [4.69, 9.17) is 13.1 Å². The van der Waals surface area contributed by atoms with E-state index >= 15 is 0 Å². The molecule has 0 spiro atoms. The fraction of sp³-hybridized carbons (Fsp3) is 0. The summed E-state index contributed by atoms with van der Waals surface area (Å²) in [5.74, 6) is 0.218. The third-order valence-corrected chi connectivity index (χ3v) is 1.45. The fourth-order valence-corrected chi connectivity index (χ4v) is 0.896. The number of rotatable bonds is 0. The zero-order chi connectivity index (χ0) is 6.69. The van der Waals surface area contributed by atoms with Crippen LogP contribution in [0.3, 0.4) is 0 Å². The molecule has 1 rings (SSSR count). The van der Waals surface area contributed by atoms with Gasteiger partial charge in [0, 0.05) is 0 Å². The summed E-state index contributed by atoms with van der Waals surface area (Å²) < 4.78 is 0. The van der Waals surface area contributed by atoms with E-state index in [9.17, 15) is 0 Å². The number of hydrogen-bond donors (Lipinski definition) is 0. The summed E-state index contributed by atoms with van der Waals surface area (Å²) in [5, 5.41) is 0.380. The Hall–Kier alpha value is -1.20. The zero-order valence-corrected chi connectivity index (χ0v) is 5.14. The summed E-state index contributed by atoms with van der Waals surface area (Å²) in [6.07, 6.45) is 1.50. The Labute approximate surface area is 56.7 Å². The van der Waals surface area contributed by atoms with Crippen LogP contribution in [0.2, 0.25) is 0 Å². The molecule has 1 aromatic rings. The minimum atomic E-state index is 0.218. The van der Waals surface area contributed by atoms with Crippen molar-refractivity contribution in [2.75, 3.05) is 0 Å². The molecule has 9 heavy (non-hydrogen) atoms. The van der Waals surface area contributed by atoms with Crippen LogP contribution >= 0.6 is 11.2 Å². The first-order valence-electron chi connectivity index (χ1n) is 2.07. The summed E-state index contributed by atoms with van der Waals surface area (Å²) in [6, 6.07) is 0.